The summed E-state index contributed by atoms with van der Waals surface area (Å²) in [5.74, 6) is 0.0674. The zero-order valence-corrected chi connectivity index (χ0v) is 19.7. The molecule has 0 aliphatic heterocycles. The Morgan fingerprint density at radius 1 is 1.23 bits per heavy atom. The number of aromatic nitrogens is 2. The van der Waals surface area contributed by atoms with Crippen LogP contribution in [0.2, 0.25) is 0 Å². The van der Waals surface area contributed by atoms with Gasteiger partial charge in [0.25, 0.3) is 0 Å². The number of aryl methyl sites for hydroxylation is 2. The van der Waals surface area contributed by atoms with Gasteiger partial charge >= 0.3 is 0 Å². The van der Waals surface area contributed by atoms with E-state index in [1.165, 1.54) is 29.0 Å². The molecule has 0 radical (unpaired) electrons. The third kappa shape index (κ3) is 5.37. The van der Waals surface area contributed by atoms with Crippen LogP contribution in [0.15, 0.2) is 40.5 Å². The first-order valence-corrected chi connectivity index (χ1v) is 12.7. The number of sulfonamides is 1. The number of thioether (sulfide) groups is 1. The lowest BCUT2D eigenvalue weighted by Gasteiger charge is -2.11. The first-order chi connectivity index (χ1) is 14.2. The summed E-state index contributed by atoms with van der Waals surface area (Å²) in [7, 11) is -3.57. The van der Waals surface area contributed by atoms with E-state index in [0.29, 0.717) is 5.56 Å². The molecule has 0 saturated carbocycles. The molecule has 2 aromatic heterocycles. The fraction of sp³-hybridized carbons (Fsp3) is 0.350. The molecule has 0 fully saturated rings. The molecule has 0 aliphatic rings. The lowest BCUT2D eigenvalue weighted by molar-refractivity contribution is -0.118. The van der Waals surface area contributed by atoms with Crippen molar-refractivity contribution in [1.29, 1.82) is 0 Å². The minimum absolute atomic E-state index is 0.148. The largest absolute Gasteiger partial charge is 0.351 e. The Morgan fingerprint density at radius 2 is 2.00 bits per heavy atom. The van der Waals surface area contributed by atoms with E-state index in [1.807, 2.05) is 13.8 Å². The van der Waals surface area contributed by atoms with E-state index in [2.05, 4.69) is 20.0 Å². The van der Waals surface area contributed by atoms with E-state index in [1.54, 1.807) is 43.4 Å². The fourth-order valence-electron chi connectivity index (χ4n) is 2.85. The van der Waals surface area contributed by atoms with E-state index in [4.69, 9.17) is 0 Å². The second-order valence-electron chi connectivity index (χ2n) is 7.13. The van der Waals surface area contributed by atoms with Crippen LogP contribution >= 0.6 is 23.1 Å². The number of benzene rings is 1. The number of hydrogen-bond donors (Lipinski definition) is 2. The Hall–Kier alpha value is -2.01. The monoisotopic (exact) mass is 464 g/mol. The molecule has 0 unspecified atom stereocenters. The van der Waals surface area contributed by atoms with Gasteiger partial charge in [-0.2, -0.15) is 0 Å². The van der Waals surface area contributed by atoms with Gasteiger partial charge in [0, 0.05) is 22.8 Å². The molecule has 30 heavy (non-hydrogen) atoms. The normalized spacial score (nSPS) is 11.9. The average molecular weight is 465 g/mol. The molecule has 3 aromatic rings. The highest BCUT2D eigenvalue weighted by Gasteiger charge is 2.16. The maximum Gasteiger partial charge on any atom is 0.240 e. The van der Waals surface area contributed by atoms with Gasteiger partial charge in [-0.1, -0.05) is 23.9 Å². The van der Waals surface area contributed by atoms with Crippen LogP contribution in [0.25, 0.3) is 10.2 Å². The molecule has 3 rings (SSSR count). The molecule has 0 bridgehead atoms. The molecule has 7 nitrogen and oxygen atoms in total. The van der Waals surface area contributed by atoms with E-state index < -0.39 is 10.0 Å². The molecule has 0 atom stereocenters. The van der Waals surface area contributed by atoms with Gasteiger partial charge in [0.2, 0.25) is 15.9 Å². The number of hydrogen-bond acceptors (Lipinski definition) is 7. The van der Waals surface area contributed by atoms with E-state index in [0.717, 1.165) is 20.8 Å². The average Bonchev–Trinajstić information content (AvgIpc) is 2.98. The molecule has 160 valence electrons. The predicted molar refractivity (Wildman–Crippen MR) is 121 cm³/mol. The first-order valence-electron chi connectivity index (χ1n) is 9.39. The summed E-state index contributed by atoms with van der Waals surface area (Å²) in [6, 6.07) is 6.37. The Bertz CT molecular complexity index is 1170. The van der Waals surface area contributed by atoms with Crippen LogP contribution in [-0.4, -0.2) is 36.1 Å². The van der Waals surface area contributed by atoms with Crippen LogP contribution in [0.4, 0.5) is 0 Å². The number of carbonyl (C=O) groups excluding carboxylic acids is 1. The van der Waals surface area contributed by atoms with Gasteiger partial charge in [-0.3, -0.25) is 4.79 Å². The van der Waals surface area contributed by atoms with Crippen molar-refractivity contribution in [2.45, 2.75) is 50.2 Å². The topological polar surface area (TPSA) is 101 Å². The molecule has 0 spiro atoms. The number of carbonyl (C=O) groups is 1. The maximum absolute atomic E-state index is 12.3. The van der Waals surface area contributed by atoms with Gasteiger partial charge in [-0.25, -0.2) is 23.1 Å². The third-order valence-corrected chi connectivity index (χ3v) is 8.12. The van der Waals surface area contributed by atoms with Crippen LogP contribution in [0.5, 0.6) is 0 Å². The first kappa shape index (κ1) is 22.7. The molecule has 0 aliphatic carbocycles. The van der Waals surface area contributed by atoms with Crippen molar-refractivity contribution >= 4 is 49.2 Å². The standard InChI is InChI=1S/C20H24N4O3S3/c1-12(2)24-30(26,27)16-7-5-6-15(8-16)9-21-17(25)10-28-19-18-13(3)14(4)29-20(18)23-11-22-19/h5-8,11-12,24H,9-10H2,1-4H3,(H,21,25). The fourth-order valence-corrected chi connectivity index (χ4v) is 6.11. The third-order valence-electron chi connectivity index (χ3n) is 4.36. The molecule has 0 saturated heterocycles. The van der Waals surface area contributed by atoms with Crippen molar-refractivity contribution in [3.8, 4) is 0 Å². The molecule has 2 heterocycles. The van der Waals surface area contributed by atoms with Crippen molar-refractivity contribution < 1.29 is 13.2 Å². The predicted octanol–water partition coefficient (Wildman–Crippen LogP) is 3.40. The van der Waals surface area contributed by atoms with Gasteiger partial charge in [0.1, 0.15) is 16.2 Å². The minimum atomic E-state index is -3.57. The highest BCUT2D eigenvalue weighted by atomic mass is 32.2. The van der Waals surface area contributed by atoms with E-state index in [9.17, 15) is 13.2 Å². The smallest absolute Gasteiger partial charge is 0.240 e. The lowest BCUT2D eigenvalue weighted by Crippen LogP contribution is -2.30. The number of fused-ring (bicyclic) bond motifs is 1. The summed E-state index contributed by atoms with van der Waals surface area (Å²) in [6.07, 6.45) is 1.52. The van der Waals surface area contributed by atoms with Crippen molar-refractivity contribution in [1.82, 2.24) is 20.0 Å². The van der Waals surface area contributed by atoms with Gasteiger partial charge in [0.05, 0.1) is 10.6 Å². The lowest BCUT2D eigenvalue weighted by atomic mass is 10.2. The number of nitrogens with one attached hydrogen (secondary N) is 2. The number of amides is 1. The van der Waals surface area contributed by atoms with Crippen molar-refractivity contribution in [3.63, 3.8) is 0 Å². The highest BCUT2D eigenvalue weighted by Crippen LogP contribution is 2.34. The zero-order valence-electron chi connectivity index (χ0n) is 17.2. The second-order valence-corrected chi connectivity index (χ2v) is 11.0. The quantitative estimate of drug-likeness (QED) is 0.391. The van der Waals surface area contributed by atoms with Gasteiger partial charge in [-0.15, -0.1) is 11.3 Å². The van der Waals surface area contributed by atoms with E-state index in [-0.39, 0.29) is 29.1 Å². The van der Waals surface area contributed by atoms with E-state index >= 15 is 0 Å². The Morgan fingerprint density at radius 3 is 2.73 bits per heavy atom. The summed E-state index contributed by atoms with van der Waals surface area (Å²) in [6.45, 7) is 7.87. The van der Waals surface area contributed by atoms with Crippen LogP contribution in [0, 0.1) is 13.8 Å². The molecule has 10 heteroatoms. The molecular formula is C20H24N4O3S3. The summed E-state index contributed by atoms with van der Waals surface area (Å²) in [4.78, 5) is 23.3. The number of thiophene rings is 1. The van der Waals surface area contributed by atoms with Crippen LogP contribution in [0.1, 0.15) is 29.9 Å². The molecule has 2 N–H and O–H groups in total. The zero-order chi connectivity index (χ0) is 21.9. The van der Waals surface area contributed by atoms with Crippen molar-refractivity contribution in [3.05, 3.63) is 46.6 Å². The minimum Gasteiger partial charge on any atom is -0.351 e. The van der Waals surface area contributed by atoms with Gasteiger partial charge in [0.15, 0.2) is 0 Å². The summed E-state index contributed by atoms with van der Waals surface area (Å²) in [5, 5.41) is 4.64. The summed E-state index contributed by atoms with van der Waals surface area (Å²) in [5.41, 5.74) is 1.86. The summed E-state index contributed by atoms with van der Waals surface area (Å²) < 4.78 is 27.2. The van der Waals surface area contributed by atoms with Crippen LogP contribution in [-0.2, 0) is 21.4 Å². The van der Waals surface area contributed by atoms with Crippen LogP contribution < -0.4 is 10.0 Å². The van der Waals surface area contributed by atoms with Crippen molar-refractivity contribution in [2.75, 3.05) is 5.75 Å². The highest BCUT2D eigenvalue weighted by molar-refractivity contribution is 8.00. The van der Waals surface area contributed by atoms with Gasteiger partial charge in [-0.05, 0) is 51.0 Å². The SMILES string of the molecule is Cc1sc2ncnc(SCC(=O)NCc3cccc(S(=O)(=O)NC(C)C)c3)c2c1C. The number of rotatable bonds is 8. The number of nitrogens with zero attached hydrogens (tertiary/aromatic N) is 2. The Balaban J connectivity index is 1.61. The van der Waals surface area contributed by atoms with Gasteiger partial charge < -0.3 is 5.32 Å². The Labute approximate surface area is 184 Å². The second kappa shape index (κ2) is 9.42. The maximum atomic E-state index is 12.3. The summed E-state index contributed by atoms with van der Waals surface area (Å²) >= 11 is 2.99. The van der Waals surface area contributed by atoms with Crippen LogP contribution in [0.3, 0.4) is 0 Å². The molecule has 1 amide bonds. The molecular weight excluding hydrogens is 440 g/mol. The molecule has 1 aromatic carbocycles. The Kier molecular flexibility index (Phi) is 7.12. The van der Waals surface area contributed by atoms with Crippen molar-refractivity contribution in [2.24, 2.45) is 0 Å².